The quantitative estimate of drug-likeness (QED) is 0.691. The standard InChI is InChI=1S/C18H20ClN5O3/c1-11-16(22-27-21-11)10-23-4-6-24(7-5-23)17(18(25)26)14-9-20-15-8-12(19)2-3-13(14)15/h2-3,8-9,17,20H,4-7,10H2,1H3,(H,25,26). The number of aryl methyl sites for hydroxylation is 1. The van der Waals surface area contributed by atoms with Gasteiger partial charge < -0.3 is 10.1 Å². The van der Waals surface area contributed by atoms with Crippen molar-refractivity contribution in [3.63, 3.8) is 0 Å². The van der Waals surface area contributed by atoms with Crippen LogP contribution in [0, 0.1) is 6.92 Å². The number of nitrogens with one attached hydrogen (secondary N) is 1. The molecule has 27 heavy (non-hydrogen) atoms. The zero-order chi connectivity index (χ0) is 19.0. The molecule has 1 saturated heterocycles. The Morgan fingerprint density at radius 2 is 2.11 bits per heavy atom. The van der Waals surface area contributed by atoms with Gasteiger partial charge in [-0.3, -0.25) is 14.6 Å². The molecule has 0 saturated carbocycles. The minimum atomic E-state index is -0.851. The summed E-state index contributed by atoms with van der Waals surface area (Å²) in [6.45, 7) is 5.34. The highest BCUT2D eigenvalue weighted by Crippen LogP contribution is 2.31. The molecule has 4 rings (SSSR count). The van der Waals surface area contributed by atoms with Gasteiger partial charge in [0.25, 0.3) is 0 Å². The van der Waals surface area contributed by atoms with Crippen molar-refractivity contribution < 1.29 is 14.5 Å². The van der Waals surface area contributed by atoms with E-state index in [1.807, 2.05) is 24.0 Å². The third kappa shape index (κ3) is 3.55. The van der Waals surface area contributed by atoms with Gasteiger partial charge in [0.15, 0.2) is 0 Å². The Bertz CT molecular complexity index is 961. The molecule has 0 amide bonds. The van der Waals surface area contributed by atoms with Crippen LogP contribution in [0.2, 0.25) is 5.02 Å². The molecule has 1 aliphatic rings. The number of rotatable bonds is 5. The van der Waals surface area contributed by atoms with Crippen LogP contribution in [0.5, 0.6) is 0 Å². The molecule has 0 radical (unpaired) electrons. The van der Waals surface area contributed by atoms with Gasteiger partial charge in [-0.1, -0.05) is 28.0 Å². The first kappa shape index (κ1) is 18.0. The summed E-state index contributed by atoms with van der Waals surface area (Å²) >= 11 is 6.04. The van der Waals surface area contributed by atoms with Crippen molar-refractivity contribution in [2.24, 2.45) is 0 Å². The third-order valence-electron chi connectivity index (χ3n) is 5.10. The molecule has 1 fully saturated rings. The zero-order valence-corrected chi connectivity index (χ0v) is 15.6. The number of aromatic nitrogens is 3. The molecular formula is C18H20ClN5O3. The van der Waals surface area contributed by atoms with Gasteiger partial charge in [-0.15, -0.1) is 0 Å². The molecule has 142 valence electrons. The van der Waals surface area contributed by atoms with Crippen molar-refractivity contribution in [2.75, 3.05) is 26.2 Å². The molecule has 0 bridgehead atoms. The van der Waals surface area contributed by atoms with E-state index < -0.39 is 12.0 Å². The van der Waals surface area contributed by atoms with E-state index in [2.05, 4.69) is 20.2 Å². The predicted molar refractivity (Wildman–Crippen MR) is 99.6 cm³/mol. The van der Waals surface area contributed by atoms with Crippen LogP contribution in [0.3, 0.4) is 0 Å². The fourth-order valence-electron chi connectivity index (χ4n) is 3.62. The summed E-state index contributed by atoms with van der Waals surface area (Å²) in [4.78, 5) is 19.4. The molecular weight excluding hydrogens is 370 g/mol. The average molecular weight is 390 g/mol. The molecule has 3 aromatic rings. The van der Waals surface area contributed by atoms with E-state index in [0.717, 1.165) is 40.9 Å². The summed E-state index contributed by atoms with van der Waals surface area (Å²) in [7, 11) is 0. The van der Waals surface area contributed by atoms with Gasteiger partial charge in [0, 0.05) is 60.4 Å². The Morgan fingerprint density at radius 1 is 1.33 bits per heavy atom. The number of carboxylic acid groups (broad SMARTS) is 1. The number of benzene rings is 1. The van der Waals surface area contributed by atoms with E-state index in [-0.39, 0.29) is 0 Å². The average Bonchev–Trinajstić information content (AvgIpc) is 3.23. The molecule has 0 spiro atoms. The van der Waals surface area contributed by atoms with Gasteiger partial charge in [-0.05, 0) is 19.1 Å². The molecule has 0 aliphatic carbocycles. The van der Waals surface area contributed by atoms with Crippen LogP contribution in [-0.4, -0.2) is 62.4 Å². The number of aromatic amines is 1. The normalized spacial score (nSPS) is 17.4. The molecule has 9 heteroatoms. The van der Waals surface area contributed by atoms with Crippen LogP contribution < -0.4 is 0 Å². The van der Waals surface area contributed by atoms with Crippen LogP contribution >= 0.6 is 11.6 Å². The summed E-state index contributed by atoms with van der Waals surface area (Å²) < 4.78 is 4.75. The highest BCUT2D eigenvalue weighted by Gasteiger charge is 2.32. The number of carbonyl (C=O) groups is 1. The number of hydrogen-bond donors (Lipinski definition) is 2. The third-order valence-corrected chi connectivity index (χ3v) is 5.33. The molecule has 1 unspecified atom stereocenters. The maximum Gasteiger partial charge on any atom is 0.325 e. The summed E-state index contributed by atoms with van der Waals surface area (Å²) in [5, 5.41) is 19.1. The van der Waals surface area contributed by atoms with Crippen LogP contribution in [0.25, 0.3) is 10.9 Å². The van der Waals surface area contributed by atoms with Crippen LogP contribution in [0.4, 0.5) is 0 Å². The highest BCUT2D eigenvalue weighted by molar-refractivity contribution is 6.31. The molecule has 1 aliphatic heterocycles. The number of halogens is 1. The Kier molecular flexibility index (Phi) is 4.86. The molecule has 2 aromatic heterocycles. The summed E-state index contributed by atoms with van der Waals surface area (Å²) in [6.07, 6.45) is 1.77. The minimum Gasteiger partial charge on any atom is -0.480 e. The first-order valence-electron chi connectivity index (χ1n) is 8.76. The molecule has 8 nitrogen and oxygen atoms in total. The predicted octanol–water partition coefficient (Wildman–Crippen LogP) is 2.46. The lowest BCUT2D eigenvalue weighted by atomic mass is 10.0. The topological polar surface area (TPSA) is 98.5 Å². The first-order chi connectivity index (χ1) is 13.0. The number of fused-ring (bicyclic) bond motifs is 1. The number of H-pyrrole nitrogens is 1. The minimum absolute atomic E-state index is 0.619. The number of hydrogen-bond acceptors (Lipinski definition) is 6. The van der Waals surface area contributed by atoms with Gasteiger partial charge >= 0.3 is 5.97 Å². The lowest BCUT2D eigenvalue weighted by Gasteiger charge is -2.37. The van der Waals surface area contributed by atoms with Crippen LogP contribution in [0.15, 0.2) is 29.0 Å². The van der Waals surface area contributed by atoms with Crippen molar-refractivity contribution in [1.29, 1.82) is 0 Å². The van der Waals surface area contributed by atoms with Gasteiger partial charge in [0.05, 0.1) is 0 Å². The smallest absolute Gasteiger partial charge is 0.325 e. The monoisotopic (exact) mass is 389 g/mol. The van der Waals surface area contributed by atoms with E-state index in [1.165, 1.54) is 0 Å². The van der Waals surface area contributed by atoms with E-state index >= 15 is 0 Å². The Morgan fingerprint density at radius 3 is 2.78 bits per heavy atom. The van der Waals surface area contributed by atoms with Crippen molar-refractivity contribution >= 4 is 28.5 Å². The number of carboxylic acids is 1. The van der Waals surface area contributed by atoms with E-state index in [0.29, 0.717) is 24.7 Å². The first-order valence-corrected chi connectivity index (χ1v) is 9.14. The second kappa shape index (κ2) is 7.30. The second-order valence-electron chi connectivity index (χ2n) is 6.78. The van der Waals surface area contributed by atoms with E-state index in [1.54, 1.807) is 12.3 Å². The van der Waals surface area contributed by atoms with Gasteiger partial charge in [-0.25, -0.2) is 4.63 Å². The van der Waals surface area contributed by atoms with Crippen molar-refractivity contribution in [1.82, 2.24) is 25.1 Å². The summed E-state index contributed by atoms with van der Waals surface area (Å²) in [6, 6.07) is 4.77. The summed E-state index contributed by atoms with van der Waals surface area (Å²) in [5.74, 6) is -0.851. The molecule has 1 aromatic carbocycles. The largest absolute Gasteiger partial charge is 0.480 e. The highest BCUT2D eigenvalue weighted by atomic mass is 35.5. The number of piperazine rings is 1. The zero-order valence-electron chi connectivity index (χ0n) is 14.9. The van der Waals surface area contributed by atoms with Crippen LogP contribution in [-0.2, 0) is 11.3 Å². The Labute approximate surface area is 160 Å². The summed E-state index contributed by atoms with van der Waals surface area (Å²) in [5.41, 5.74) is 3.22. The molecule has 2 N–H and O–H groups in total. The van der Waals surface area contributed by atoms with Gasteiger partial charge in [0.2, 0.25) is 0 Å². The molecule has 1 atom stereocenters. The second-order valence-corrected chi connectivity index (χ2v) is 7.22. The fourth-order valence-corrected chi connectivity index (χ4v) is 3.79. The Balaban J connectivity index is 1.50. The maximum absolute atomic E-state index is 12.1. The molecule has 3 heterocycles. The van der Waals surface area contributed by atoms with Crippen molar-refractivity contribution in [3.8, 4) is 0 Å². The van der Waals surface area contributed by atoms with Crippen molar-refractivity contribution in [3.05, 3.63) is 46.4 Å². The SMILES string of the molecule is Cc1nonc1CN1CCN(C(C(=O)O)c2c[nH]c3cc(Cl)ccc23)CC1. The van der Waals surface area contributed by atoms with E-state index in [9.17, 15) is 9.90 Å². The Hall–Kier alpha value is -2.42. The lowest BCUT2D eigenvalue weighted by molar-refractivity contribution is -0.144. The van der Waals surface area contributed by atoms with Crippen LogP contribution in [0.1, 0.15) is 23.0 Å². The number of nitrogens with zero attached hydrogens (tertiary/aromatic N) is 4. The number of aliphatic carboxylic acids is 1. The maximum atomic E-state index is 12.1. The van der Waals surface area contributed by atoms with Crippen molar-refractivity contribution in [2.45, 2.75) is 19.5 Å². The lowest BCUT2D eigenvalue weighted by Crippen LogP contribution is -2.48. The van der Waals surface area contributed by atoms with Gasteiger partial charge in [0.1, 0.15) is 17.4 Å². The van der Waals surface area contributed by atoms with Gasteiger partial charge in [-0.2, -0.15) is 0 Å². The fraction of sp³-hybridized carbons (Fsp3) is 0.389. The van der Waals surface area contributed by atoms with E-state index in [4.69, 9.17) is 16.2 Å².